The van der Waals surface area contributed by atoms with Crippen LogP contribution in [-0.2, 0) is 4.84 Å². The van der Waals surface area contributed by atoms with Crippen LogP contribution in [0.15, 0.2) is 5.16 Å². The molecular weight excluding hydrogens is 188 g/mol. The maximum atomic E-state index is 5.83. The molecule has 84 valence electrons. The van der Waals surface area contributed by atoms with Crippen molar-refractivity contribution in [3.8, 4) is 0 Å². The van der Waals surface area contributed by atoms with Crippen LogP contribution in [0, 0.1) is 5.92 Å². The zero-order chi connectivity index (χ0) is 10.3. The van der Waals surface area contributed by atoms with Crippen molar-refractivity contribution in [2.75, 3.05) is 19.6 Å². The molecule has 0 aliphatic carbocycles. The fourth-order valence-electron chi connectivity index (χ4n) is 3.42. The summed E-state index contributed by atoms with van der Waals surface area (Å²) in [4.78, 5) is 8.37. The zero-order valence-corrected chi connectivity index (χ0v) is 9.54. The quantitative estimate of drug-likeness (QED) is 0.693. The first kappa shape index (κ1) is 9.64. The Hall–Kier alpha value is -0.570. The van der Waals surface area contributed by atoms with Crippen LogP contribution < -0.4 is 0 Å². The summed E-state index contributed by atoms with van der Waals surface area (Å²) in [5, 5.41) is 4.31. The first-order valence-corrected chi connectivity index (χ1v) is 6.29. The molecule has 1 atom stereocenters. The van der Waals surface area contributed by atoms with E-state index >= 15 is 0 Å². The number of piperidine rings is 3. The van der Waals surface area contributed by atoms with E-state index in [2.05, 4.69) is 17.0 Å². The second kappa shape index (κ2) is 3.48. The normalized spacial score (nSPS) is 43.1. The van der Waals surface area contributed by atoms with Crippen molar-refractivity contribution >= 4 is 5.71 Å². The van der Waals surface area contributed by atoms with Crippen LogP contribution in [0.1, 0.15) is 39.0 Å². The molecule has 15 heavy (non-hydrogen) atoms. The van der Waals surface area contributed by atoms with Gasteiger partial charge in [0.2, 0.25) is 0 Å². The van der Waals surface area contributed by atoms with E-state index in [0.717, 1.165) is 25.3 Å². The highest BCUT2D eigenvalue weighted by Crippen LogP contribution is 2.43. The van der Waals surface area contributed by atoms with Gasteiger partial charge in [-0.1, -0.05) is 18.5 Å². The molecule has 0 radical (unpaired) electrons. The van der Waals surface area contributed by atoms with E-state index in [1.54, 1.807) is 0 Å². The Balaban J connectivity index is 1.72. The lowest BCUT2D eigenvalue weighted by molar-refractivity contribution is -0.136. The summed E-state index contributed by atoms with van der Waals surface area (Å²) in [5.74, 6) is 0.764. The average Bonchev–Trinajstić information content (AvgIpc) is 2.64. The summed E-state index contributed by atoms with van der Waals surface area (Å²) in [5.41, 5.74) is 1.38. The molecule has 0 saturated carbocycles. The predicted molar refractivity (Wildman–Crippen MR) is 59.9 cm³/mol. The Bertz CT molecular complexity index is 281. The maximum Gasteiger partial charge on any atom is 0.158 e. The standard InChI is InChI=1S/C12H20N2O/c1-2-3-11-8-12(15-13-11)9-14-6-4-10(12)5-7-14/h10H,2-9H2,1H3. The monoisotopic (exact) mass is 208 g/mol. The van der Waals surface area contributed by atoms with Crippen LogP contribution in [-0.4, -0.2) is 35.8 Å². The molecule has 0 aromatic heterocycles. The maximum absolute atomic E-state index is 5.83. The van der Waals surface area contributed by atoms with Crippen molar-refractivity contribution in [1.29, 1.82) is 0 Å². The van der Waals surface area contributed by atoms with Crippen LogP contribution in [0.2, 0.25) is 0 Å². The fraction of sp³-hybridized carbons (Fsp3) is 0.917. The molecule has 3 nitrogen and oxygen atoms in total. The van der Waals surface area contributed by atoms with Crippen molar-refractivity contribution in [1.82, 2.24) is 4.90 Å². The van der Waals surface area contributed by atoms with Crippen molar-refractivity contribution < 1.29 is 4.84 Å². The van der Waals surface area contributed by atoms with Gasteiger partial charge in [0.1, 0.15) is 0 Å². The molecule has 3 heteroatoms. The van der Waals surface area contributed by atoms with E-state index in [1.165, 1.54) is 38.1 Å². The van der Waals surface area contributed by atoms with E-state index in [4.69, 9.17) is 4.84 Å². The number of hydrogen-bond acceptors (Lipinski definition) is 3. The Morgan fingerprint density at radius 3 is 2.87 bits per heavy atom. The number of hydrogen-bond donors (Lipinski definition) is 0. The molecule has 1 unspecified atom stereocenters. The Kier molecular flexibility index (Phi) is 2.23. The lowest BCUT2D eigenvalue weighted by Gasteiger charge is -2.49. The van der Waals surface area contributed by atoms with Crippen molar-refractivity contribution in [2.45, 2.75) is 44.6 Å². The number of nitrogens with zero attached hydrogens (tertiary/aromatic N) is 2. The van der Waals surface area contributed by atoms with Crippen LogP contribution in [0.3, 0.4) is 0 Å². The molecule has 3 fully saturated rings. The molecule has 4 heterocycles. The van der Waals surface area contributed by atoms with Crippen LogP contribution in [0.25, 0.3) is 0 Å². The largest absolute Gasteiger partial charge is 0.387 e. The van der Waals surface area contributed by atoms with E-state index in [0.29, 0.717) is 0 Å². The van der Waals surface area contributed by atoms with Gasteiger partial charge in [-0.25, -0.2) is 0 Å². The van der Waals surface area contributed by atoms with Crippen molar-refractivity contribution in [3.05, 3.63) is 0 Å². The van der Waals surface area contributed by atoms with Gasteiger partial charge in [0.05, 0.1) is 5.71 Å². The first-order chi connectivity index (χ1) is 7.32. The Morgan fingerprint density at radius 1 is 1.47 bits per heavy atom. The van der Waals surface area contributed by atoms with Gasteiger partial charge in [-0.05, 0) is 32.4 Å². The van der Waals surface area contributed by atoms with Gasteiger partial charge in [-0.15, -0.1) is 0 Å². The Labute approximate surface area is 91.5 Å². The van der Waals surface area contributed by atoms with Gasteiger partial charge < -0.3 is 4.84 Å². The summed E-state index contributed by atoms with van der Waals surface area (Å²) in [6, 6.07) is 0. The third kappa shape index (κ3) is 1.48. The number of rotatable bonds is 2. The van der Waals surface area contributed by atoms with Gasteiger partial charge in [0.25, 0.3) is 0 Å². The summed E-state index contributed by atoms with van der Waals surface area (Å²) in [6.07, 6.45) is 6.03. The molecule has 0 aromatic rings. The minimum atomic E-state index is 0.0843. The molecular formula is C12H20N2O. The first-order valence-electron chi connectivity index (χ1n) is 6.29. The number of fused-ring (bicyclic) bond motifs is 2. The van der Waals surface area contributed by atoms with Gasteiger partial charge in [0, 0.05) is 18.9 Å². The van der Waals surface area contributed by atoms with Crippen LogP contribution in [0.5, 0.6) is 0 Å². The smallest absolute Gasteiger partial charge is 0.158 e. The van der Waals surface area contributed by atoms with Gasteiger partial charge in [-0.3, -0.25) is 4.90 Å². The van der Waals surface area contributed by atoms with Crippen LogP contribution in [0.4, 0.5) is 0 Å². The fourth-order valence-corrected chi connectivity index (χ4v) is 3.42. The molecule has 2 bridgehead atoms. The van der Waals surface area contributed by atoms with Crippen LogP contribution >= 0.6 is 0 Å². The molecule has 0 amide bonds. The molecule has 3 saturated heterocycles. The minimum absolute atomic E-state index is 0.0843. The zero-order valence-electron chi connectivity index (χ0n) is 9.54. The highest BCUT2D eigenvalue weighted by atomic mass is 16.7. The highest BCUT2D eigenvalue weighted by Gasteiger charge is 2.51. The van der Waals surface area contributed by atoms with Gasteiger partial charge in [0.15, 0.2) is 5.60 Å². The molecule has 4 rings (SSSR count). The predicted octanol–water partition coefficient (Wildman–Crippen LogP) is 2.03. The second-order valence-corrected chi connectivity index (χ2v) is 5.29. The summed E-state index contributed by atoms with van der Waals surface area (Å²) < 4.78 is 0. The van der Waals surface area contributed by atoms with Gasteiger partial charge in [-0.2, -0.15) is 0 Å². The van der Waals surface area contributed by atoms with Crippen molar-refractivity contribution in [2.24, 2.45) is 11.1 Å². The molecule has 4 aliphatic heterocycles. The van der Waals surface area contributed by atoms with Crippen molar-refractivity contribution in [3.63, 3.8) is 0 Å². The summed E-state index contributed by atoms with van der Waals surface area (Å²) >= 11 is 0. The molecule has 0 aromatic carbocycles. The highest BCUT2D eigenvalue weighted by molar-refractivity contribution is 5.86. The molecule has 0 N–H and O–H groups in total. The molecule has 1 spiro atoms. The SMILES string of the molecule is CCCC1=NOC2(C1)CN1CCC2CC1. The minimum Gasteiger partial charge on any atom is -0.387 e. The van der Waals surface area contributed by atoms with E-state index in [1.807, 2.05) is 0 Å². The number of oxime groups is 1. The van der Waals surface area contributed by atoms with E-state index in [9.17, 15) is 0 Å². The van der Waals surface area contributed by atoms with E-state index in [-0.39, 0.29) is 5.60 Å². The second-order valence-electron chi connectivity index (χ2n) is 5.29. The molecule has 4 aliphatic rings. The third-order valence-corrected chi connectivity index (χ3v) is 4.22. The lowest BCUT2D eigenvalue weighted by atomic mass is 9.73. The third-order valence-electron chi connectivity index (χ3n) is 4.22. The summed E-state index contributed by atoms with van der Waals surface area (Å²) in [6.45, 7) is 5.89. The Morgan fingerprint density at radius 2 is 2.27 bits per heavy atom. The van der Waals surface area contributed by atoms with Gasteiger partial charge >= 0.3 is 0 Å². The lowest BCUT2D eigenvalue weighted by Crippen LogP contribution is -2.59. The summed E-state index contributed by atoms with van der Waals surface area (Å²) in [7, 11) is 0. The van der Waals surface area contributed by atoms with E-state index < -0.39 is 0 Å². The topological polar surface area (TPSA) is 24.8 Å². The average molecular weight is 208 g/mol.